The van der Waals surface area contributed by atoms with Gasteiger partial charge in [-0.25, -0.2) is 4.79 Å². The van der Waals surface area contributed by atoms with E-state index in [1.807, 2.05) is 0 Å². The van der Waals surface area contributed by atoms with Crippen molar-refractivity contribution < 1.29 is 18.7 Å². The number of halogens is 1. The number of carbonyl (C=O) groups excluding carboxylic acids is 2. The molecule has 1 aliphatic rings. The third-order valence-electron chi connectivity index (χ3n) is 3.04. The Bertz CT molecular complexity index is 503. The van der Waals surface area contributed by atoms with E-state index in [0.717, 1.165) is 25.7 Å². The number of rotatable bonds is 5. The number of ether oxygens (including phenoxy) is 1. The Labute approximate surface area is 125 Å². The molecule has 0 radical (unpaired) electrons. The molecule has 0 spiro atoms. The van der Waals surface area contributed by atoms with Crippen LogP contribution >= 0.6 is 15.9 Å². The molecular formula is C14H16BrNO4. The molecule has 5 nitrogen and oxygen atoms in total. The molecule has 2 rings (SSSR count). The highest BCUT2D eigenvalue weighted by Crippen LogP contribution is 2.17. The van der Waals surface area contributed by atoms with Crippen LogP contribution in [0.5, 0.6) is 0 Å². The predicted molar refractivity (Wildman–Crippen MR) is 76.8 cm³/mol. The smallest absolute Gasteiger partial charge is 0.331 e. The van der Waals surface area contributed by atoms with Crippen molar-refractivity contribution in [1.29, 1.82) is 0 Å². The Hall–Kier alpha value is -1.56. The van der Waals surface area contributed by atoms with E-state index < -0.39 is 5.97 Å². The van der Waals surface area contributed by atoms with Crippen molar-refractivity contribution in [3.05, 3.63) is 28.6 Å². The molecule has 1 aromatic rings. The van der Waals surface area contributed by atoms with E-state index in [0.29, 0.717) is 10.4 Å². The van der Waals surface area contributed by atoms with Crippen molar-refractivity contribution in [2.45, 2.75) is 31.7 Å². The summed E-state index contributed by atoms with van der Waals surface area (Å²) in [6, 6.07) is 3.66. The molecule has 1 fully saturated rings. The molecule has 108 valence electrons. The molecule has 6 heteroatoms. The van der Waals surface area contributed by atoms with E-state index in [9.17, 15) is 9.59 Å². The Balaban J connectivity index is 1.69. The van der Waals surface area contributed by atoms with Gasteiger partial charge in [0.2, 0.25) is 0 Å². The van der Waals surface area contributed by atoms with Crippen LogP contribution < -0.4 is 5.32 Å². The molecule has 1 N–H and O–H groups in total. The summed E-state index contributed by atoms with van der Waals surface area (Å²) in [5.41, 5.74) is 0. The largest absolute Gasteiger partial charge is 0.452 e. The molecule has 0 atom stereocenters. The summed E-state index contributed by atoms with van der Waals surface area (Å²) in [7, 11) is 0. The Morgan fingerprint density at radius 3 is 2.80 bits per heavy atom. The van der Waals surface area contributed by atoms with Gasteiger partial charge in [0, 0.05) is 12.1 Å². The molecule has 0 aliphatic heterocycles. The van der Waals surface area contributed by atoms with Gasteiger partial charge >= 0.3 is 5.97 Å². The van der Waals surface area contributed by atoms with Gasteiger partial charge in [-0.2, -0.15) is 0 Å². The lowest BCUT2D eigenvalue weighted by molar-refractivity contribution is -0.144. The SMILES string of the molecule is O=C(COC(=O)/C=C/c1ccc(Br)o1)NC1CCCC1. The standard InChI is InChI=1S/C14H16BrNO4/c15-12-7-5-11(20-12)6-8-14(18)19-9-13(17)16-10-3-1-2-4-10/h5-8,10H,1-4,9H2,(H,16,17)/b8-6+. The van der Waals surface area contributed by atoms with Gasteiger partial charge in [-0.15, -0.1) is 0 Å². The average Bonchev–Trinajstić information content (AvgIpc) is 3.05. The molecule has 1 heterocycles. The maximum Gasteiger partial charge on any atom is 0.331 e. The minimum absolute atomic E-state index is 0.234. The second-order valence-electron chi connectivity index (χ2n) is 4.63. The number of esters is 1. The van der Waals surface area contributed by atoms with Crippen LogP contribution in [0.15, 0.2) is 27.3 Å². The van der Waals surface area contributed by atoms with Crippen LogP contribution in [0.3, 0.4) is 0 Å². The number of nitrogens with one attached hydrogen (secondary N) is 1. The summed E-state index contributed by atoms with van der Waals surface area (Å²) in [5, 5.41) is 2.85. The topological polar surface area (TPSA) is 68.5 Å². The molecule has 1 aliphatic carbocycles. The van der Waals surface area contributed by atoms with Crippen LogP contribution in [0.25, 0.3) is 6.08 Å². The number of amides is 1. The van der Waals surface area contributed by atoms with Gasteiger partial charge in [0.25, 0.3) is 5.91 Å². The highest BCUT2D eigenvalue weighted by atomic mass is 79.9. The molecule has 1 amide bonds. The fraction of sp³-hybridized carbons (Fsp3) is 0.429. The first kappa shape index (κ1) is 14.8. The van der Waals surface area contributed by atoms with Gasteiger partial charge in [-0.3, -0.25) is 4.79 Å². The Kier molecular flexibility index (Phi) is 5.40. The highest BCUT2D eigenvalue weighted by molar-refractivity contribution is 9.10. The van der Waals surface area contributed by atoms with Crippen molar-refractivity contribution in [3.63, 3.8) is 0 Å². The number of hydrogen-bond donors (Lipinski definition) is 1. The van der Waals surface area contributed by atoms with Gasteiger partial charge < -0.3 is 14.5 Å². The Morgan fingerprint density at radius 2 is 2.15 bits per heavy atom. The van der Waals surface area contributed by atoms with Crippen molar-refractivity contribution >= 4 is 33.9 Å². The van der Waals surface area contributed by atoms with E-state index in [4.69, 9.17) is 9.15 Å². The third kappa shape index (κ3) is 4.85. The average molecular weight is 342 g/mol. The summed E-state index contributed by atoms with van der Waals surface area (Å²) in [5.74, 6) is -0.289. The normalized spacial score (nSPS) is 15.7. The summed E-state index contributed by atoms with van der Waals surface area (Å²) in [6.07, 6.45) is 7.02. The van der Waals surface area contributed by atoms with Crippen molar-refractivity contribution in [3.8, 4) is 0 Å². The van der Waals surface area contributed by atoms with E-state index in [1.165, 1.54) is 12.2 Å². The van der Waals surface area contributed by atoms with Gasteiger partial charge in [0.1, 0.15) is 5.76 Å². The van der Waals surface area contributed by atoms with Crippen LogP contribution in [0, 0.1) is 0 Å². The second kappa shape index (κ2) is 7.28. The fourth-order valence-electron chi connectivity index (χ4n) is 2.09. The minimum Gasteiger partial charge on any atom is -0.452 e. The molecule has 1 aromatic heterocycles. The lowest BCUT2D eigenvalue weighted by Gasteiger charge is -2.11. The van der Waals surface area contributed by atoms with E-state index in [1.54, 1.807) is 12.1 Å². The maximum absolute atomic E-state index is 11.5. The Morgan fingerprint density at radius 1 is 1.40 bits per heavy atom. The molecule has 0 bridgehead atoms. The number of carbonyl (C=O) groups is 2. The summed E-state index contributed by atoms with van der Waals surface area (Å²) in [4.78, 5) is 23.0. The lowest BCUT2D eigenvalue weighted by atomic mass is 10.2. The quantitative estimate of drug-likeness (QED) is 0.660. The first-order chi connectivity index (χ1) is 9.63. The highest BCUT2D eigenvalue weighted by Gasteiger charge is 2.17. The molecule has 0 aromatic carbocycles. The van der Waals surface area contributed by atoms with Crippen LogP contribution in [-0.2, 0) is 14.3 Å². The molecule has 20 heavy (non-hydrogen) atoms. The first-order valence-corrected chi connectivity index (χ1v) is 7.32. The van der Waals surface area contributed by atoms with E-state index in [-0.39, 0.29) is 18.6 Å². The monoisotopic (exact) mass is 341 g/mol. The minimum atomic E-state index is -0.570. The zero-order valence-electron chi connectivity index (χ0n) is 10.9. The van der Waals surface area contributed by atoms with Crippen molar-refractivity contribution in [2.75, 3.05) is 6.61 Å². The number of furan rings is 1. The third-order valence-corrected chi connectivity index (χ3v) is 3.47. The fourth-order valence-corrected chi connectivity index (χ4v) is 2.41. The zero-order chi connectivity index (χ0) is 14.4. The van der Waals surface area contributed by atoms with Crippen LogP contribution in [0.1, 0.15) is 31.4 Å². The van der Waals surface area contributed by atoms with Gasteiger partial charge in [0.15, 0.2) is 11.3 Å². The van der Waals surface area contributed by atoms with Crippen molar-refractivity contribution in [2.24, 2.45) is 0 Å². The zero-order valence-corrected chi connectivity index (χ0v) is 12.5. The first-order valence-electron chi connectivity index (χ1n) is 6.53. The summed E-state index contributed by atoms with van der Waals surface area (Å²) < 4.78 is 10.6. The van der Waals surface area contributed by atoms with E-state index >= 15 is 0 Å². The second-order valence-corrected chi connectivity index (χ2v) is 5.41. The molecule has 0 saturated heterocycles. The predicted octanol–water partition coefficient (Wildman–Crippen LogP) is 2.66. The van der Waals surface area contributed by atoms with Gasteiger partial charge in [0.05, 0.1) is 0 Å². The van der Waals surface area contributed by atoms with Crippen LogP contribution in [0.2, 0.25) is 0 Å². The summed E-state index contributed by atoms with van der Waals surface area (Å²) >= 11 is 3.16. The summed E-state index contributed by atoms with van der Waals surface area (Å²) in [6.45, 7) is -0.248. The lowest BCUT2D eigenvalue weighted by Crippen LogP contribution is -2.35. The maximum atomic E-state index is 11.5. The van der Waals surface area contributed by atoms with Crippen LogP contribution in [0.4, 0.5) is 0 Å². The number of hydrogen-bond acceptors (Lipinski definition) is 4. The van der Waals surface area contributed by atoms with Crippen molar-refractivity contribution in [1.82, 2.24) is 5.32 Å². The van der Waals surface area contributed by atoms with Gasteiger partial charge in [-0.05, 0) is 47.0 Å². The van der Waals surface area contributed by atoms with Crippen LogP contribution in [-0.4, -0.2) is 24.5 Å². The molecule has 0 unspecified atom stereocenters. The van der Waals surface area contributed by atoms with E-state index in [2.05, 4.69) is 21.2 Å². The van der Waals surface area contributed by atoms with Gasteiger partial charge in [-0.1, -0.05) is 12.8 Å². The molecule has 1 saturated carbocycles. The molecular weight excluding hydrogens is 326 g/mol.